The first kappa shape index (κ1) is 13.4. The minimum atomic E-state index is -4.50. The van der Waals surface area contributed by atoms with Gasteiger partial charge in [-0.2, -0.15) is 18.4 Å². The summed E-state index contributed by atoms with van der Waals surface area (Å²) < 4.78 is 38.0. The number of nitrogens with zero attached hydrogens (tertiary/aromatic N) is 1. The second-order valence-electron chi connectivity index (χ2n) is 3.82. The summed E-state index contributed by atoms with van der Waals surface area (Å²) in [6.45, 7) is 3.82. The van der Waals surface area contributed by atoms with Gasteiger partial charge in [0.1, 0.15) is 0 Å². The molecule has 1 atom stereocenters. The molecule has 0 bridgehead atoms. The van der Waals surface area contributed by atoms with E-state index in [4.69, 9.17) is 5.26 Å². The van der Waals surface area contributed by atoms with Crippen molar-refractivity contribution in [2.24, 2.45) is 0 Å². The average molecular weight is 242 g/mol. The second kappa shape index (κ2) is 5.09. The minimum absolute atomic E-state index is 0.0871. The molecular weight excluding hydrogens is 229 g/mol. The molecule has 5 heteroatoms. The molecule has 1 N–H and O–H groups in total. The van der Waals surface area contributed by atoms with Gasteiger partial charge in [-0.25, -0.2) is 0 Å². The van der Waals surface area contributed by atoms with Crippen LogP contribution in [0.15, 0.2) is 18.2 Å². The highest BCUT2D eigenvalue weighted by Gasteiger charge is 2.33. The van der Waals surface area contributed by atoms with Crippen molar-refractivity contribution < 1.29 is 13.2 Å². The van der Waals surface area contributed by atoms with E-state index in [1.54, 1.807) is 6.07 Å². The number of benzene rings is 1. The molecule has 17 heavy (non-hydrogen) atoms. The standard InChI is InChI=1S/C12H13F3N2/c1-3-8(2)17-10-5-4-9(7-16)11(6-10)12(13,14)15/h4-6,8,17H,3H2,1-2H3. The number of anilines is 1. The largest absolute Gasteiger partial charge is 0.417 e. The molecule has 0 aliphatic rings. The topological polar surface area (TPSA) is 35.8 Å². The molecule has 1 aromatic carbocycles. The third-order valence-corrected chi connectivity index (χ3v) is 2.47. The molecule has 0 aliphatic heterocycles. The van der Waals surface area contributed by atoms with Crippen LogP contribution in [0.1, 0.15) is 31.4 Å². The van der Waals surface area contributed by atoms with Crippen molar-refractivity contribution in [3.8, 4) is 6.07 Å². The average Bonchev–Trinajstić information content (AvgIpc) is 2.27. The maximum absolute atomic E-state index is 12.7. The smallest absolute Gasteiger partial charge is 0.383 e. The van der Waals surface area contributed by atoms with E-state index < -0.39 is 11.7 Å². The van der Waals surface area contributed by atoms with E-state index in [0.29, 0.717) is 5.69 Å². The van der Waals surface area contributed by atoms with E-state index in [0.717, 1.165) is 12.5 Å². The first-order valence-corrected chi connectivity index (χ1v) is 5.26. The molecule has 0 aliphatic carbocycles. The predicted molar refractivity (Wildman–Crippen MR) is 59.5 cm³/mol. The molecule has 0 heterocycles. The van der Waals surface area contributed by atoms with Crippen molar-refractivity contribution >= 4 is 5.69 Å². The van der Waals surface area contributed by atoms with Crippen LogP contribution < -0.4 is 5.32 Å². The fraction of sp³-hybridized carbons (Fsp3) is 0.417. The number of hydrogen-bond donors (Lipinski definition) is 1. The SMILES string of the molecule is CCC(C)Nc1ccc(C#N)c(C(F)(F)F)c1. The Morgan fingerprint density at radius 2 is 2.06 bits per heavy atom. The summed E-state index contributed by atoms with van der Waals surface area (Å²) in [5.41, 5.74) is -0.869. The third kappa shape index (κ3) is 3.38. The molecule has 0 amide bonds. The molecule has 1 rings (SSSR count). The van der Waals surface area contributed by atoms with Gasteiger partial charge >= 0.3 is 6.18 Å². The number of halogens is 3. The summed E-state index contributed by atoms with van der Waals surface area (Å²) in [4.78, 5) is 0. The Balaban J connectivity index is 3.11. The molecule has 0 saturated carbocycles. The van der Waals surface area contributed by atoms with Gasteiger partial charge < -0.3 is 5.32 Å². The first-order valence-electron chi connectivity index (χ1n) is 5.26. The lowest BCUT2D eigenvalue weighted by atomic mass is 10.1. The lowest BCUT2D eigenvalue weighted by molar-refractivity contribution is -0.137. The van der Waals surface area contributed by atoms with Crippen molar-refractivity contribution in [2.75, 3.05) is 5.32 Å². The Hall–Kier alpha value is -1.70. The maximum atomic E-state index is 12.7. The van der Waals surface area contributed by atoms with Crippen LogP contribution in [0.5, 0.6) is 0 Å². The van der Waals surface area contributed by atoms with Crippen molar-refractivity contribution in [1.82, 2.24) is 0 Å². The summed E-state index contributed by atoms with van der Waals surface area (Å²) in [6, 6.07) is 5.29. The Morgan fingerprint density at radius 3 is 2.53 bits per heavy atom. The van der Waals surface area contributed by atoms with Crippen LogP contribution >= 0.6 is 0 Å². The summed E-state index contributed by atoms with van der Waals surface area (Å²) in [6.07, 6.45) is -3.69. The first-order chi connectivity index (χ1) is 7.88. The number of hydrogen-bond acceptors (Lipinski definition) is 2. The molecule has 92 valence electrons. The zero-order chi connectivity index (χ0) is 13.1. The van der Waals surface area contributed by atoms with E-state index in [1.807, 2.05) is 13.8 Å². The highest BCUT2D eigenvalue weighted by atomic mass is 19.4. The van der Waals surface area contributed by atoms with Crippen LogP contribution in [0.25, 0.3) is 0 Å². The molecule has 0 aromatic heterocycles. The van der Waals surface area contributed by atoms with E-state index in [9.17, 15) is 13.2 Å². The summed E-state index contributed by atoms with van der Waals surface area (Å²) in [5, 5.41) is 11.6. The monoisotopic (exact) mass is 242 g/mol. The normalized spacial score (nSPS) is 12.9. The lowest BCUT2D eigenvalue weighted by Crippen LogP contribution is -2.15. The maximum Gasteiger partial charge on any atom is 0.417 e. The fourth-order valence-electron chi connectivity index (χ4n) is 1.35. The van der Waals surface area contributed by atoms with Crippen molar-refractivity contribution in [2.45, 2.75) is 32.5 Å². The molecule has 1 unspecified atom stereocenters. The van der Waals surface area contributed by atoms with Gasteiger partial charge in [-0.05, 0) is 31.5 Å². The predicted octanol–water partition coefficient (Wildman–Crippen LogP) is 3.79. The van der Waals surface area contributed by atoms with Gasteiger partial charge in [-0.3, -0.25) is 0 Å². The van der Waals surface area contributed by atoms with Gasteiger partial charge in [0.25, 0.3) is 0 Å². The van der Waals surface area contributed by atoms with Crippen LogP contribution in [-0.2, 0) is 6.18 Å². The molecule has 0 spiro atoms. The van der Waals surface area contributed by atoms with Crippen LogP contribution in [0.2, 0.25) is 0 Å². The number of alkyl halides is 3. The van der Waals surface area contributed by atoms with E-state index >= 15 is 0 Å². The van der Waals surface area contributed by atoms with Gasteiger partial charge in [0.05, 0.1) is 17.2 Å². The fourth-order valence-corrected chi connectivity index (χ4v) is 1.35. The summed E-state index contributed by atoms with van der Waals surface area (Å²) in [5.74, 6) is 0. The zero-order valence-electron chi connectivity index (χ0n) is 9.60. The molecule has 0 fully saturated rings. The minimum Gasteiger partial charge on any atom is -0.383 e. The number of rotatable bonds is 3. The Morgan fingerprint density at radius 1 is 1.41 bits per heavy atom. The Labute approximate surface area is 98.1 Å². The quantitative estimate of drug-likeness (QED) is 0.875. The van der Waals surface area contributed by atoms with Gasteiger partial charge in [0, 0.05) is 11.7 Å². The van der Waals surface area contributed by atoms with Crippen LogP contribution in [0.3, 0.4) is 0 Å². The van der Waals surface area contributed by atoms with E-state index in [1.165, 1.54) is 12.1 Å². The van der Waals surface area contributed by atoms with Gasteiger partial charge in [0.15, 0.2) is 0 Å². The highest BCUT2D eigenvalue weighted by molar-refractivity contribution is 5.53. The number of nitriles is 1. The van der Waals surface area contributed by atoms with Crippen molar-refractivity contribution in [3.63, 3.8) is 0 Å². The number of nitrogens with one attached hydrogen (secondary N) is 1. The molecule has 2 nitrogen and oxygen atoms in total. The molecule has 0 saturated heterocycles. The summed E-state index contributed by atoms with van der Waals surface area (Å²) in [7, 11) is 0. The van der Waals surface area contributed by atoms with Crippen molar-refractivity contribution in [1.29, 1.82) is 5.26 Å². The van der Waals surface area contributed by atoms with Crippen LogP contribution in [-0.4, -0.2) is 6.04 Å². The summed E-state index contributed by atoms with van der Waals surface area (Å²) >= 11 is 0. The van der Waals surface area contributed by atoms with Crippen molar-refractivity contribution in [3.05, 3.63) is 29.3 Å². The van der Waals surface area contributed by atoms with Gasteiger partial charge in [-0.1, -0.05) is 6.92 Å². The van der Waals surface area contributed by atoms with Gasteiger partial charge in [-0.15, -0.1) is 0 Å². The van der Waals surface area contributed by atoms with Crippen LogP contribution in [0, 0.1) is 11.3 Å². The van der Waals surface area contributed by atoms with E-state index in [-0.39, 0.29) is 11.6 Å². The highest BCUT2D eigenvalue weighted by Crippen LogP contribution is 2.33. The third-order valence-electron chi connectivity index (χ3n) is 2.47. The Kier molecular flexibility index (Phi) is 4.00. The molecule has 0 radical (unpaired) electrons. The second-order valence-corrected chi connectivity index (χ2v) is 3.82. The molecular formula is C12H13F3N2. The molecule has 1 aromatic rings. The van der Waals surface area contributed by atoms with Crippen LogP contribution in [0.4, 0.5) is 18.9 Å². The lowest BCUT2D eigenvalue weighted by Gasteiger charge is -2.15. The van der Waals surface area contributed by atoms with Gasteiger partial charge in [0.2, 0.25) is 0 Å². The van der Waals surface area contributed by atoms with E-state index in [2.05, 4.69) is 5.32 Å². The Bertz CT molecular complexity index is 432. The zero-order valence-corrected chi connectivity index (χ0v) is 9.60.